The van der Waals surface area contributed by atoms with Gasteiger partial charge in [0.2, 0.25) is 21.8 Å². The first-order valence-corrected chi connectivity index (χ1v) is 15.1. The lowest BCUT2D eigenvalue weighted by Crippen LogP contribution is -2.53. The molecule has 3 aromatic rings. The van der Waals surface area contributed by atoms with Gasteiger partial charge in [0.05, 0.1) is 11.9 Å². The SMILES string of the molecule is Cc1ccc(N(CC(=O)N(Cc2ccccc2)C(Cc2ccccc2)C(=O)NCC(C)C)S(C)(=O)=O)cc1Cl. The number of carbonyl (C=O) groups excluding carboxylic acids is 2. The van der Waals surface area contributed by atoms with Crippen LogP contribution in [-0.4, -0.2) is 50.5 Å². The molecule has 9 heteroatoms. The van der Waals surface area contributed by atoms with Crippen molar-refractivity contribution >= 4 is 39.1 Å². The summed E-state index contributed by atoms with van der Waals surface area (Å²) in [5, 5.41) is 3.36. The van der Waals surface area contributed by atoms with E-state index in [4.69, 9.17) is 11.6 Å². The molecule has 0 aliphatic heterocycles. The first-order chi connectivity index (χ1) is 18.5. The van der Waals surface area contributed by atoms with E-state index < -0.39 is 28.5 Å². The fourth-order valence-corrected chi connectivity index (χ4v) is 5.12. The highest BCUT2D eigenvalue weighted by molar-refractivity contribution is 7.92. The number of sulfonamides is 1. The molecular formula is C30H36ClN3O4S. The Morgan fingerprint density at radius 3 is 2.05 bits per heavy atom. The van der Waals surface area contributed by atoms with Crippen LogP contribution in [-0.2, 0) is 32.6 Å². The van der Waals surface area contributed by atoms with Gasteiger partial charge in [-0.1, -0.05) is 92.2 Å². The maximum absolute atomic E-state index is 14.0. The zero-order chi connectivity index (χ0) is 28.6. The van der Waals surface area contributed by atoms with E-state index in [1.807, 2.05) is 81.4 Å². The van der Waals surface area contributed by atoms with Crippen LogP contribution in [0, 0.1) is 12.8 Å². The summed E-state index contributed by atoms with van der Waals surface area (Å²) in [6.45, 7) is 5.92. The Morgan fingerprint density at radius 1 is 0.923 bits per heavy atom. The molecule has 0 aromatic heterocycles. The molecule has 1 N–H and O–H groups in total. The molecule has 39 heavy (non-hydrogen) atoms. The molecule has 0 aliphatic carbocycles. The Kier molecular flexibility index (Phi) is 10.5. The van der Waals surface area contributed by atoms with Crippen molar-refractivity contribution in [3.63, 3.8) is 0 Å². The second-order valence-electron chi connectivity index (χ2n) is 10.1. The van der Waals surface area contributed by atoms with Crippen molar-refractivity contribution in [1.82, 2.24) is 10.2 Å². The zero-order valence-electron chi connectivity index (χ0n) is 22.8. The van der Waals surface area contributed by atoms with Gasteiger partial charge in [-0.3, -0.25) is 13.9 Å². The van der Waals surface area contributed by atoms with E-state index >= 15 is 0 Å². The van der Waals surface area contributed by atoms with E-state index in [0.717, 1.165) is 27.3 Å². The average Bonchev–Trinajstić information content (AvgIpc) is 2.90. The van der Waals surface area contributed by atoms with Gasteiger partial charge in [0.25, 0.3) is 0 Å². The van der Waals surface area contributed by atoms with Gasteiger partial charge in [-0.05, 0) is 41.7 Å². The fraction of sp³-hybridized carbons (Fsp3) is 0.333. The minimum absolute atomic E-state index is 0.137. The number of halogens is 1. The fourth-order valence-electron chi connectivity index (χ4n) is 4.11. The van der Waals surface area contributed by atoms with Crippen LogP contribution in [0.2, 0.25) is 5.02 Å². The third-order valence-electron chi connectivity index (χ3n) is 6.27. The van der Waals surface area contributed by atoms with Gasteiger partial charge in [-0.15, -0.1) is 0 Å². The number of carbonyl (C=O) groups is 2. The Balaban J connectivity index is 2.03. The summed E-state index contributed by atoms with van der Waals surface area (Å²) in [6, 6.07) is 22.8. The van der Waals surface area contributed by atoms with Crippen LogP contribution in [0.25, 0.3) is 0 Å². The third kappa shape index (κ3) is 8.83. The summed E-state index contributed by atoms with van der Waals surface area (Å²) < 4.78 is 26.7. The molecule has 0 heterocycles. The lowest BCUT2D eigenvalue weighted by molar-refractivity contribution is -0.140. The summed E-state index contributed by atoms with van der Waals surface area (Å²) in [7, 11) is -3.85. The molecule has 0 fully saturated rings. The van der Waals surface area contributed by atoms with Crippen molar-refractivity contribution in [3.8, 4) is 0 Å². The van der Waals surface area contributed by atoms with Crippen molar-refractivity contribution in [2.75, 3.05) is 23.7 Å². The van der Waals surface area contributed by atoms with E-state index in [2.05, 4.69) is 5.32 Å². The number of nitrogens with zero attached hydrogens (tertiary/aromatic N) is 2. The minimum Gasteiger partial charge on any atom is -0.354 e. The Labute approximate surface area is 236 Å². The van der Waals surface area contributed by atoms with E-state index in [-0.39, 0.29) is 30.5 Å². The van der Waals surface area contributed by atoms with Crippen molar-refractivity contribution in [2.24, 2.45) is 5.92 Å². The Bertz CT molecular complexity index is 1370. The lowest BCUT2D eigenvalue weighted by Gasteiger charge is -2.33. The summed E-state index contributed by atoms with van der Waals surface area (Å²) in [5.41, 5.74) is 2.78. The summed E-state index contributed by atoms with van der Waals surface area (Å²) in [4.78, 5) is 29.1. The summed E-state index contributed by atoms with van der Waals surface area (Å²) in [6.07, 6.45) is 1.32. The van der Waals surface area contributed by atoms with Crippen LogP contribution in [0.5, 0.6) is 0 Å². The van der Waals surface area contributed by atoms with Gasteiger partial charge in [0.15, 0.2) is 0 Å². The smallest absolute Gasteiger partial charge is 0.244 e. The van der Waals surface area contributed by atoms with Crippen LogP contribution in [0.15, 0.2) is 78.9 Å². The molecule has 7 nitrogen and oxygen atoms in total. The van der Waals surface area contributed by atoms with Gasteiger partial charge in [0, 0.05) is 24.5 Å². The molecule has 3 rings (SSSR count). The lowest BCUT2D eigenvalue weighted by atomic mass is 10.0. The molecule has 1 atom stereocenters. The number of rotatable bonds is 12. The Hall–Kier alpha value is -3.36. The molecule has 0 bridgehead atoms. The average molecular weight is 570 g/mol. The van der Waals surface area contributed by atoms with Crippen molar-refractivity contribution in [1.29, 1.82) is 0 Å². The van der Waals surface area contributed by atoms with E-state index in [9.17, 15) is 18.0 Å². The molecule has 0 aliphatic rings. The molecule has 1 unspecified atom stereocenters. The van der Waals surface area contributed by atoms with Gasteiger partial charge < -0.3 is 10.2 Å². The van der Waals surface area contributed by atoms with Gasteiger partial charge >= 0.3 is 0 Å². The van der Waals surface area contributed by atoms with E-state index in [1.165, 1.54) is 11.0 Å². The second kappa shape index (κ2) is 13.6. The number of hydrogen-bond acceptors (Lipinski definition) is 4. The van der Waals surface area contributed by atoms with Crippen molar-refractivity contribution in [3.05, 3.63) is 101 Å². The molecule has 3 aromatic carbocycles. The molecule has 0 saturated heterocycles. The highest BCUT2D eigenvalue weighted by Crippen LogP contribution is 2.25. The molecular weight excluding hydrogens is 534 g/mol. The third-order valence-corrected chi connectivity index (χ3v) is 7.82. The minimum atomic E-state index is -3.85. The number of aryl methyl sites for hydroxylation is 1. The monoisotopic (exact) mass is 569 g/mol. The topological polar surface area (TPSA) is 86.8 Å². The van der Waals surface area contributed by atoms with E-state index in [1.54, 1.807) is 12.1 Å². The van der Waals surface area contributed by atoms with Crippen LogP contribution >= 0.6 is 11.6 Å². The van der Waals surface area contributed by atoms with Crippen LogP contribution in [0.3, 0.4) is 0 Å². The largest absolute Gasteiger partial charge is 0.354 e. The highest BCUT2D eigenvalue weighted by atomic mass is 35.5. The number of amides is 2. The summed E-state index contributed by atoms with van der Waals surface area (Å²) >= 11 is 6.29. The Morgan fingerprint density at radius 2 is 1.51 bits per heavy atom. The highest BCUT2D eigenvalue weighted by Gasteiger charge is 2.33. The maximum atomic E-state index is 14.0. The molecule has 0 spiro atoms. The van der Waals surface area contributed by atoms with Gasteiger partial charge in [0.1, 0.15) is 12.6 Å². The molecule has 208 valence electrons. The van der Waals surface area contributed by atoms with Crippen LogP contribution in [0.4, 0.5) is 5.69 Å². The van der Waals surface area contributed by atoms with Gasteiger partial charge in [-0.25, -0.2) is 8.42 Å². The molecule has 2 amide bonds. The first kappa shape index (κ1) is 30.2. The number of anilines is 1. The predicted molar refractivity (Wildman–Crippen MR) is 157 cm³/mol. The zero-order valence-corrected chi connectivity index (χ0v) is 24.4. The first-order valence-electron chi connectivity index (χ1n) is 12.8. The van der Waals surface area contributed by atoms with E-state index in [0.29, 0.717) is 11.6 Å². The van der Waals surface area contributed by atoms with Crippen molar-refractivity contribution < 1.29 is 18.0 Å². The normalized spacial score (nSPS) is 12.2. The van der Waals surface area contributed by atoms with Crippen LogP contribution < -0.4 is 9.62 Å². The number of benzene rings is 3. The van der Waals surface area contributed by atoms with Gasteiger partial charge in [-0.2, -0.15) is 0 Å². The standard InChI is InChI=1S/C30H36ClN3O4S/c1-22(2)19-32-30(36)28(17-24-11-7-5-8-12-24)33(20-25-13-9-6-10-14-25)29(35)21-34(39(4,37)38)26-16-15-23(3)27(31)18-26/h5-16,18,22,28H,17,19-21H2,1-4H3,(H,32,36). The number of nitrogens with one attached hydrogen (secondary N) is 1. The molecule has 0 radical (unpaired) electrons. The predicted octanol–water partition coefficient (Wildman–Crippen LogP) is 4.83. The van der Waals surface area contributed by atoms with Crippen LogP contribution in [0.1, 0.15) is 30.5 Å². The quantitative estimate of drug-likeness (QED) is 0.338. The van der Waals surface area contributed by atoms with Crippen molar-refractivity contribution in [2.45, 2.75) is 39.8 Å². The summed E-state index contributed by atoms with van der Waals surface area (Å²) in [5.74, 6) is -0.570. The number of hydrogen-bond donors (Lipinski definition) is 1. The maximum Gasteiger partial charge on any atom is 0.244 e. The second-order valence-corrected chi connectivity index (χ2v) is 12.4. The molecule has 0 saturated carbocycles.